The van der Waals surface area contributed by atoms with Gasteiger partial charge in [0.1, 0.15) is 5.01 Å². The number of morpholine rings is 1. The van der Waals surface area contributed by atoms with Gasteiger partial charge in [0.2, 0.25) is 5.91 Å². The topological polar surface area (TPSA) is 54.5 Å². The zero-order valence-corrected chi connectivity index (χ0v) is 19.2. The molecular formula is C23H23Cl2N3O2S. The summed E-state index contributed by atoms with van der Waals surface area (Å²) >= 11 is 13.7. The van der Waals surface area contributed by atoms with Crippen molar-refractivity contribution in [3.8, 4) is 10.6 Å². The van der Waals surface area contributed by atoms with E-state index in [-0.39, 0.29) is 18.4 Å². The molecule has 1 unspecified atom stereocenters. The zero-order valence-electron chi connectivity index (χ0n) is 16.9. The van der Waals surface area contributed by atoms with Gasteiger partial charge >= 0.3 is 0 Å². The fourth-order valence-electron chi connectivity index (χ4n) is 3.50. The van der Waals surface area contributed by atoms with Crippen molar-refractivity contribution in [1.82, 2.24) is 15.2 Å². The highest BCUT2D eigenvalue weighted by Gasteiger charge is 2.21. The minimum Gasteiger partial charge on any atom is -0.374 e. The van der Waals surface area contributed by atoms with Crippen LogP contribution in [0.1, 0.15) is 11.3 Å². The number of carbonyl (C=O) groups is 1. The first-order valence-electron chi connectivity index (χ1n) is 10.1. The Bertz CT molecular complexity index is 1030. The van der Waals surface area contributed by atoms with Gasteiger partial charge in [0.25, 0.3) is 0 Å². The van der Waals surface area contributed by atoms with Gasteiger partial charge in [-0.15, -0.1) is 11.3 Å². The van der Waals surface area contributed by atoms with E-state index in [2.05, 4.69) is 15.2 Å². The van der Waals surface area contributed by atoms with E-state index >= 15 is 0 Å². The van der Waals surface area contributed by atoms with E-state index in [1.807, 2.05) is 53.9 Å². The Morgan fingerprint density at radius 2 is 2.03 bits per heavy atom. The summed E-state index contributed by atoms with van der Waals surface area (Å²) in [5, 5.41) is 6.98. The van der Waals surface area contributed by atoms with Crippen LogP contribution in [0.4, 0.5) is 0 Å². The van der Waals surface area contributed by atoms with Crippen LogP contribution in [0.5, 0.6) is 0 Å². The molecule has 0 spiro atoms. The van der Waals surface area contributed by atoms with Gasteiger partial charge in [-0.2, -0.15) is 0 Å². The van der Waals surface area contributed by atoms with Crippen LogP contribution in [0, 0.1) is 0 Å². The van der Waals surface area contributed by atoms with Gasteiger partial charge in [-0.3, -0.25) is 9.69 Å². The standard InChI is InChI=1S/C23H23Cl2N3O2S/c24-20-7-6-16(10-21(20)25)13-28-8-9-30-19(14-28)12-26-22(29)11-18-15-31-23(27-18)17-4-2-1-3-5-17/h1-7,10,15,19H,8-9,11-14H2,(H,26,29). The summed E-state index contributed by atoms with van der Waals surface area (Å²) < 4.78 is 5.83. The molecule has 0 aliphatic carbocycles. The maximum absolute atomic E-state index is 12.4. The van der Waals surface area contributed by atoms with Crippen molar-refractivity contribution in [3.05, 3.63) is 75.2 Å². The third-order valence-corrected chi connectivity index (χ3v) is 6.73. The van der Waals surface area contributed by atoms with Gasteiger partial charge in [0.15, 0.2) is 0 Å². The molecule has 1 aliphatic heterocycles. The number of thiazole rings is 1. The van der Waals surface area contributed by atoms with Gasteiger partial charge in [-0.1, -0.05) is 59.6 Å². The number of hydrogen-bond acceptors (Lipinski definition) is 5. The largest absolute Gasteiger partial charge is 0.374 e. The monoisotopic (exact) mass is 475 g/mol. The van der Waals surface area contributed by atoms with Crippen molar-refractivity contribution in [2.75, 3.05) is 26.2 Å². The van der Waals surface area contributed by atoms with Crippen LogP contribution in [-0.2, 0) is 22.5 Å². The van der Waals surface area contributed by atoms with E-state index in [0.29, 0.717) is 23.2 Å². The van der Waals surface area contributed by atoms with E-state index < -0.39 is 0 Å². The second kappa shape index (κ2) is 10.6. The lowest BCUT2D eigenvalue weighted by Crippen LogP contribution is -2.47. The molecule has 2 aromatic carbocycles. The molecule has 8 heteroatoms. The quantitative estimate of drug-likeness (QED) is 0.538. The number of halogens is 2. The summed E-state index contributed by atoms with van der Waals surface area (Å²) in [4.78, 5) is 19.3. The minimum absolute atomic E-state index is 0.0456. The van der Waals surface area contributed by atoms with E-state index in [4.69, 9.17) is 27.9 Å². The normalized spacial score (nSPS) is 16.9. The number of nitrogens with zero attached hydrogens (tertiary/aromatic N) is 2. The fourth-order valence-corrected chi connectivity index (χ4v) is 4.65. The number of hydrogen-bond donors (Lipinski definition) is 1. The molecule has 162 valence electrons. The molecule has 0 bridgehead atoms. The molecule has 1 N–H and O–H groups in total. The van der Waals surface area contributed by atoms with Crippen LogP contribution < -0.4 is 5.32 Å². The van der Waals surface area contributed by atoms with Gasteiger partial charge in [-0.05, 0) is 17.7 Å². The molecule has 31 heavy (non-hydrogen) atoms. The van der Waals surface area contributed by atoms with Crippen molar-refractivity contribution in [1.29, 1.82) is 0 Å². The third kappa shape index (κ3) is 6.28. The molecule has 1 fully saturated rings. The Morgan fingerprint density at radius 1 is 1.19 bits per heavy atom. The summed E-state index contributed by atoms with van der Waals surface area (Å²) in [6.45, 7) is 3.47. The number of nitrogens with one attached hydrogen (secondary N) is 1. The molecule has 0 radical (unpaired) electrons. The summed E-state index contributed by atoms with van der Waals surface area (Å²) in [5.74, 6) is -0.0462. The van der Waals surface area contributed by atoms with Crippen molar-refractivity contribution in [2.24, 2.45) is 0 Å². The minimum atomic E-state index is -0.0462. The Morgan fingerprint density at radius 3 is 2.84 bits per heavy atom. The van der Waals surface area contributed by atoms with Gasteiger partial charge in [0, 0.05) is 37.1 Å². The van der Waals surface area contributed by atoms with Crippen LogP contribution in [0.25, 0.3) is 10.6 Å². The maximum atomic E-state index is 12.4. The second-order valence-electron chi connectivity index (χ2n) is 7.47. The summed E-state index contributed by atoms with van der Waals surface area (Å²) in [6, 6.07) is 15.7. The second-order valence-corrected chi connectivity index (χ2v) is 9.14. The molecule has 3 aromatic rings. The number of amides is 1. The van der Waals surface area contributed by atoms with Crippen molar-refractivity contribution in [2.45, 2.75) is 19.1 Å². The Labute approximate surface area is 196 Å². The Hall–Kier alpha value is -1.96. The van der Waals surface area contributed by atoms with Gasteiger partial charge in [0.05, 0.1) is 34.9 Å². The molecule has 1 amide bonds. The molecule has 2 heterocycles. The van der Waals surface area contributed by atoms with E-state index in [0.717, 1.165) is 41.5 Å². The van der Waals surface area contributed by atoms with Crippen molar-refractivity contribution in [3.63, 3.8) is 0 Å². The van der Waals surface area contributed by atoms with Crippen LogP contribution in [-0.4, -0.2) is 48.1 Å². The first kappa shape index (κ1) is 22.2. The molecular weight excluding hydrogens is 453 g/mol. The fraction of sp³-hybridized carbons (Fsp3) is 0.304. The summed E-state index contributed by atoms with van der Waals surface area (Å²) in [7, 11) is 0. The molecule has 1 aromatic heterocycles. The number of rotatable bonds is 7. The lowest BCUT2D eigenvalue weighted by atomic mass is 10.2. The number of carbonyl (C=O) groups excluding carboxylic acids is 1. The average molecular weight is 476 g/mol. The zero-order chi connectivity index (χ0) is 21.6. The van der Waals surface area contributed by atoms with Crippen LogP contribution in [0.15, 0.2) is 53.9 Å². The van der Waals surface area contributed by atoms with E-state index in [1.54, 1.807) is 11.3 Å². The van der Waals surface area contributed by atoms with Crippen LogP contribution >= 0.6 is 34.5 Å². The number of benzene rings is 2. The molecule has 5 nitrogen and oxygen atoms in total. The molecule has 0 saturated carbocycles. The highest BCUT2D eigenvalue weighted by Crippen LogP contribution is 2.24. The SMILES string of the molecule is O=C(Cc1csc(-c2ccccc2)n1)NCC1CN(Cc2ccc(Cl)c(Cl)c2)CCO1. The van der Waals surface area contributed by atoms with Gasteiger partial charge in [-0.25, -0.2) is 4.98 Å². The Kier molecular flexibility index (Phi) is 7.58. The number of aromatic nitrogens is 1. The summed E-state index contributed by atoms with van der Waals surface area (Å²) in [6.07, 6.45) is 0.221. The average Bonchev–Trinajstić information content (AvgIpc) is 3.24. The molecule has 1 saturated heterocycles. The lowest BCUT2D eigenvalue weighted by Gasteiger charge is -2.33. The predicted molar refractivity (Wildman–Crippen MR) is 126 cm³/mol. The third-order valence-electron chi connectivity index (χ3n) is 5.05. The van der Waals surface area contributed by atoms with Crippen LogP contribution in [0.2, 0.25) is 10.0 Å². The van der Waals surface area contributed by atoms with Crippen LogP contribution in [0.3, 0.4) is 0 Å². The highest BCUT2D eigenvalue weighted by atomic mass is 35.5. The lowest BCUT2D eigenvalue weighted by molar-refractivity contribution is -0.121. The molecule has 1 aliphatic rings. The first-order valence-corrected chi connectivity index (χ1v) is 11.7. The molecule has 1 atom stereocenters. The highest BCUT2D eigenvalue weighted by molar-refractivity contribution is 7.13. The molecule has 4 rings (SSSR count). The van der Waals surface area contributed by atoms with E-state index in [9.17, 15) is 4.79 Å². The smallest absolute Gasteiger partial charge is 0.226 e. The Balaban J connectivity index is 1.24. The maximum Gasteiger partial charge on any atom is 0.226 e. The van der Waals surface area contributed by atoms with Gasteiger partial charge < -0.3 is 10.1 Å². The van der Waals surface area contributed by atoms with Crippen molar-refractivity contribution < 1.29 is 9.53 Å². The van der Waals surface area contributed by atoms with E-state index in [1.165, 1.54) is 0 Å². The number of ether oxygens (including phenoxy) is 1. The predicted octanol–water partition coefficient (Wildman–Crippen LogP) is 4.68. The van der Waals surface area contributed by atoms with Crippen molar-refractivity contribution >= 4 is 40.4 Å². The first-order chi connectivity index (χ1) is 15.1. The summed E-state index contributed by atoms with van der Waals surface area (Å²) in [5.41, 5.74) is 2.96.